The zero-order valence-corrected chi connectivity index (χ0v) is 18.3. The quantitative estimate of drug-likeness (QED) is 0.376. The fourth-order valence-electron chi connectivity index (χ4n) is 3.91. The average molecular weight is 446 g/mol. The van der Waals surface area contributed by atoms with E-state index in [2.05, 4.69) is 10.2 Å². The van der Waals surface area contributed by atoms with Crippen LogP contribution < -0.4 is 0 Å². The third-order valence-electron chi connectivity index (χ3n) is 5.60. The Bertz CT molecular complexity index is 1360. The van der Waals surface area contributed by atoms with Gasteiger partial charge in [0.2, 0.25) is 10.0 Å². The van der Waals surface area contributed by atoms with Crippen LogP contribution in [-0.2, 0) is 10.0 Å². The number of azo groups is 1. The summed E-state index contributed by atoms with van der Waals surface area (Å²) in [4.78, 5) is 5.03. The van der Waals surface area contributed by atoms with Crippen LogP contribution in [0.4, 0.5) is 11.5 Å². The minimum atomic E-state index is -3.48. The maximum absolute atomic E-state index is 13.0. The van der Waals surface area contributed by atoms with Gasteiger partial charge in [-0.05, 0) is 49.2 Å². The molecule has 32 heavy (non-hydrogen) atoms. The highest BCUT2D eigenvalue weighted by Gasteiger charge is 2.26. The third-order valence-corrected chi connectivity index (χ3v) is 7.51. The van der Waals surface area contributed by atoms with Crippen molar-refractivity contribution in [2.45, 2.75) is 24.2 Å². The predicted molar refractivity (Wildman–Crippen MR) is 124 cm³/mol. The molecule has 1 aliphatic heterocycles. The van der Waals surface area contributed by atoms with Crippen molar-refractivity contribution in [3.63, 3.8) is 0 Å². The first kappa shape index (κ1) is 20.5. The van der Waals surface area contributed by atoms with Crippen LogP contribution in [0.15, 0.2) is 94.1 Å². The molecule has 0 bridgehead atoms. The molecule has 5 rings (SSSR count). The molecule has 3 heterocycles. The van der Waals surface area contributed by atoms with Crippen molar-refractivity contribution in [3.8, 4) is 11.3 Å². The molecular formula is C24H23N5O2S. The van der Waals surface area contributed by atoms with E-state index < -0.39 is 10.0 Å². The number of benzene rings is 2. The van der Waals surface area contributed by atoms with E-state index in [9.17, 15) is 8.42 Å². The SMILES string of the molecule is O=S(=O)(c1ccc(-c2nc3ccccn3c2N=Nc2ccccc2)cc1)N1CCCCC1. The topological polar surface area (TPSA) is 79.4 Å². The smallest absolute Gasteiger partial charge is 0.243 e. The molecular weight excluding hydrogens is 422 g/mol. The number of hydrogen-bond acceptors (Lipinski definition) is 5. The van der Waals surface area contributed by atoms with E-state index in [1.165, 1.54) is 0 Å². The molecule has 7 nitrogen and oxygen atoms in total. The molecule has 2 aromatic carbocycles. The summed E-state index contributed by atoms with van der Waals surface area (Å²) >= 11 is 0. The van der Waals surface area contributed by atoms with Crippen LogP contribution in [0.5, 0.6) is 0 Å². The summed E-state index contributed by atoms with van der Waals surface area (Å²) < 4.78 is 29.4. The van der Waals surface area contributed by atoms with Crippen LogP contribution in [0.25, 0.3) is 16.9 Å². The van der Waals surface area contributed by atoms with Crippen molar-refractivity contribution < 1.29 is 8.42 Å². The first-order valence-corrected chi connectivity index (χ1v) is 12.1. The van der Waals surface area contributed by atoms with Crippen molar-refractivity contribution in [2.24, 2.45) is 10.2 Å². The van der Waals surface area contributed by atoms with E-state index in [1.54, 1.807) is 28.6 Å². The normalized spacial score (nSPS) is 15.5. The van der Waals surface area contributed by atoms with Gasteiger partial charge in [-0.1, -0.05) is 42.8 Å². The molecule has 0 N–H and O–H groups in total. The number of nitrogens with zero attached hydrogens (tertiary/aromatic N) is 5. The minimum absolute atomic E-state index is 0.305. The Morgan fingerprint density at radius 2 is 1.50 bits per heavy atom. The van der Waals surface area contributed by atoms with Crippen molar-refractivity contribution in [2.75, 3.05) is 13.1 Å². The molecule has 8 heteroatoms. The summed E-state index contributed by atoms with van der Waals surface area (Å²) in [5.41, 5.74) is 2.92. The summed E-state index contributed by atoms with van der Waals surface area (Å²) in [6, 6.07) is 22.1. The maximum atomic E-state index is 13.0. The molecule has 1 fully saturated rings. The molecule has 162 valence electrons. The first-order chi connectivity index (χ1) is 15.6. The summed E-state index contributed by atoms with van der Waals surface area (Å²) in [6.07, 6.45) is 4.79. The van der Waals surface area contributed by atoms with Crippen LogP contribution in [0.1, 0.15) is 19.3 Å². The van der Waals surface area contributed by atoms with Gasteiger partial charge in [-0.25, -0.2) is 13.4 Å². The lowest BCUT2D eigenvalue weighted by atomic mass is 10.1. The number of hydrogen-bond donors (Lipinski definition) is 0. The highest BCUT2D eigenvalue weighted by atomic mass is 32.2. The number of rotatable bonds is 5. The number of piperidine rings is 1. The molecule has 1 saturated heterocycles. The lowest BCUT2D eigenvalue weighted by molar-refractivity contribution is 0.346. The number of imidazole rings is 1. The Morgan fingerprint density at radius 3 is 2.25 bits per heavy atom. The van der Waals surface area contributed by atoms with Gasteiger partial charge in [-0.15, -0.1) is 10.2 Å². The first-order valence-electron chi connectivity index (χ1n) is 10.7. The van der Waals surface area contributed by atoms with Crippen LogP contribution in [-0.4, -0.2) is 35.2 Å². The van der Waals surface area contributed by atoms with Crippen molar-refractivity contribution in [3.05, 3.63) is 79.0 Å². The summed E-state index contributed by atoms with van der Waals surface area (Å²) in [6.45, 7) is 1.17. The predicted octanol–water partition coefficient (Wildman–Crippen LogP) is 5.59. The summed E-state index contributed by atoms with van der Waals surface area (Å²) in [7, 11) is -3.48. The molecule has 4 aromatic rings. The van der Waals surface area contributed by atoms with E-state index in [0.717, 1.165) is 36.2 Å². The fourth-order valence-corrected chi connectivity index (χ4v) is 5.43. The second-order valence-corrected chi connectivity index (χ2v) is 9.68. The van der Waals surface area contributed by atoms with Gasteiger partial charge in [-0.2, -0.15) is 4.31 Å². The minimum Gasteiger partial charge on any atom is -0.283 e. The van der Waals surface area contributed by atoms with Crippen LogP contribution >= 0.6 is 0 Å². The number of sulfonamides is 1. The Morgan fingerprint density at radius 1 is 0.781 bits per heavy atom. The van der Waals surface area contributed by atoms with Crippen molar-refractivity contribution in [1.29, 1.82) is 0 Å². The highest BCUT2D eigenvalue weighted by Crippen LogP contribution is 2.33. The van der Waals surface area contributed by atoms with Gasteiger partial charge in [0.1, 0.15) is 11.3 Å². The number of aromatic nitrogens is 2. The van der Waals surface area contributed by atoms with E-state index in [4.69, 9.17) is 4.98 Å². The Labute approximate surface area is 187 Å². The van der Waals surface area contributed by atoms with Gasteiger partial charge in [0.15, 0.2) is 5.82 Å². The van der Waals surface area contributed by atoms with Crippen LogP contribution in [0.2, 0.25) is 0 Å². The zero-order valence-electron chi connectivity index (χ0n) is 17.5. The lowest BCUT2D eigenvalue weighted by Crippen LogP contribution is -2.35. The van der Waals surface area contributed by atoms with E-state index >= 15 is 0 Å². The van der Waals surface area contributed by atoms with Crippen molar-refractivity contribution >= 4 is 27.2 Å². The summed E-state index contributed by atoms with van der Waals surface area (Å²) in [5.74, 6) is 0.594. The molecule has 0 amide bonds. The van der Waals surface area contributed by atoms with Gasteiger partial charge in [0.25, 0.3) is 0 Å². The van der Waals surface area contributed by atoms with Gasteiger partial charge >= 0.3 is 0 Å². The second kappa shape index (κ2) is 8.64. The van der Waals surface area contributed by atoms with Gasteiger partial charge < -0.3 is 0 Å². The maximum Gasteiger partial charge on any atom is 0.243 e. The Balaban J connectivity index is 1.53. The molecule has 0 saturated carbocycles. The van der Waals surface area contributed by atoms with Gasteiger partial charge in [0.05, 0.1) is 10.6 Å². The van der Waals surface area contributed by atoms with Crippen LogP contribution in [0, 0.1) is 0 Å². The van der Waals surface area contributed by atoms with E-state index in [-0.39, 0.29) is 0 Å². The molecule has 0 radical (unpaired) electrons. The summed E-state index contributed by atoms with van der Waals surface area (Å²) in [5, 5.41) is 8.85. The van der Waals surface area contributed by atoms with E-state index in [0.29, 0.717) is 29.5 Å². The molecule has 0 spiro atoms. The van der Waals surface area contributed by atoms with Crippen LogP contribution in [0.3, 0.4) is 0 Å². The molecule has 0 aliphatic carbocycles. The standard InChI is InChI=1S/C24H23N5O2S/c30-32(31,28-16-6-2-7-17-28)21-14-12-19(13-15-21)23-24(27-26-20-9-3-1-4-10-20)29-18-8-5-11-22(29)25-23/h1,3-5,8-15,18H,2,6-7,16-17H2. The van der Waals surface area contributed by atoms with Crippen molar-refractivity contribution in [1.82, 2.24) is 13.7 Å². The zero-order chi connectivity index (χ0) is 22.0. The molecule has 1 aliphatic rings. The monoisotopic (exact) mass is 445 g/mol. The number of pyridine rings is 1. The van der Waals surface area contributed by atoms with E-state index in [1.807, 2.05) is 59.1 Å². The number of fused-ring (bicyclic) bond motifs is 1. The molecule has 0 atom stereocenters. The average Bonchev–Trinajstić information content (AvgIpc) is 3.22. The van der Waals surface area contributed by atoms with Gasteiger partial charge in [-0.3, -0.25) is 4.40 Å². The second-order valence-electron chi connectivity index (χ2n) is 7.74. The fraction of sp³-hybridized carbons (Fsp3) is 0.208. The highest BCUT2D eigenvalue weighted by molar-refractivity contribution is 7.89. The molecule has 0 unspecified atom stereocenters. The van der Waals surface area contributed by atoms with Gasteiger partial charge in [0, 0.05) is 24.8 Å². The Kier molecular flexibility index (Phi) is 5.55. The third kappa shape index (κ3) is 3.94. The lowest BCUT2D eigenvalue weighted by Gasteiger charge is -2.25. The largest absolute Gasteiger partial charge is 0.283 e. The Hall–Kier alpha value is -3.36. The molecule has 2 aromatic heterocycles.